The first kappa shape index (κ1) is 14.3. The fourth-order valence-corrected chi connectivity index (χ4v) is 1.98. The summed E-state index contributed by atoms with van der Waals surface area (Å²) in [6, 6.07) is 4.00. The number of aryl methyl sites for hydroxylation is 1. The summed E-state index contributed by atoms with van der Waals surface area (Å²) in [5, 5.41) is 3.38. The number of rotatable bonds is 7. The number of benzene rings is 1. The number of ether oxygens (including phenoxy) is 1. The van der Waals surface area contributed by atoms with Crippen molar-refractivity contribution in [3.63, 3.8) is 0 Å². The van der Waals surface area contributed by atoms with Crippen LogP contribution >= 0.6 is 15.9 Å². The van der Waals surface area contributed by atoms with Crippen molar-refractivity contribution >= 4 is 27.3 Å². The lowest BCUT2D eigenvalue weighted by molar-refractivity contribution is 0.134. The van der Waals surface area contributed by atoms with Crippen molar-refractivity contribution in [1.82, 2.24) is 0 Å². The van der Waals surface area contributed by atoms with Gasteiger partial charge in [0.05, 0.1) is 0 Å². The van der Waals surface area contributed by atoms with Gasteiger partial charge in [-0.25, -0.2) is 0 Å². The summed E-state index contributed by atoms with van der Waals surface area (Å²) in [6.07, 6.45) is 2.09. The van der Waals surface area contributed by atoms with Crippen molar-refractivity contribution in [3.8, 4) is 0 Å². The summed E-state index contributed by atoms with van der Waals surface area (Å²) in [5.74, 6) is 0. The van der Waals surface area contributed by atoms with Gasteiger partial charge in [-0.2, -0.15) is 0 Å². The molecule has 0 aliphatic carbocycles. The van der Waals surface area contributed by atoms with E-state index in [-0.39, 0.29) is 0 Å². The van der Waals surface area contributed by atoms with Crippen molar-refractivity contribution in [1.29, 1.82) is 0 Å². The predicted molar refractivity (Wildman–Crippen MR) is 77.5 cm³/mol. The summed E-state index contributed by atoms with van der Waals surface area (Å²) in [5.41, 5.74) is 8.82. The molecule has 0 bridgehead atoms. The fraction of sp³-hybridized carbons (Fsp3) is 0.538. The molecule has 1 aromatic carbocycles. The van der Waals surface area contributed by atoms with Crippen LogP contribution in [0.25, 0.3) is 0 Å². The minimum absolute atomic E-state index is 0.812. The smallest absolute Gasteiger partial charge is 0.0488 e. The molecule has 0 aliphatic heterocycles. The van der Waals surface area contributed by atoms with Crippen molar-refractivity contribution < 1.29 is 4.74 Å². The van der Waals surface area contributed by atoms with Crippen LogP contribution in [0.15, 0.2) is 16.6 Å². The topological polar surface area (TPSA) is 47.3 Å². The van der Waals surface area contributed by atoms with Crippen LogP contribution in [0.2, 0.25) is 0 Å². The molecule has 0 aromatic heterocycles. The van der Waals surface area contributed by atoms with Crippen LogP contribution < -0.4 is 11.1 Å². The molecule has 96 valence electrons. The molecule has 0 aliphatic rings. The second-order valence-corrected chi connectivity index (χ2v) is 4.94. The second kappa shape index (κ2) is 7.56. The molecule has 3 nitrogen and oxygen atoms in total. The SMILES string of the molecule is CCCOCCCNc1cc(C)c(N)cc1Br. The van der Waals surface area contributed by atoms with Gasteiger partial charge < -0.3 is 15.8 Å². The van der Waals surface area contributed by atoms with Gasteiger partial charge in [-0.05, 0) is 53.4 Å². The van der Waals surface area contributed by atoms with E-state index in [1.807, 2.05) is 13.0 Å². The molecule has 1 aromatic rings. The zero-order valence-electron chi connectivity index (χ0n) is 10.6. The summed E-state index contributed by atoms with van der Waals surface area (Å²) in [6.45, 7) is 6.70. The first-order chi connectivity index (χ1) is 8.15. The predicted octanol–water partition coefficient (Wildman–Crippen LogP) is 3.57. The quantitative estimate of drug-likeness (QED) is 0.598. The lowest BCUT2D eigenvalue weighted by Crippen LogP contribution is -2.07. The van der Waals surface area contributed by atoms with Gasteiger partial charge in [-0.3, -0.25) is 0 Å². The first-order valence-corrected chi connectivity index (χ1v) is 6.81. The fourth-order valence-electron chi connectivity index (χ4n) is 1.48. The lowest BCUT2D eigenvalue weighted by Gasteiger charge is -2.11. The van der Waals surface area contributed by atoms with E-state index in [9.17, 15) is 0 Å². The number of halogens is 1. The molecule has 0 unspecified atom stereocenters. The summed E-state index contributed by atoms with van der Waals surface area (Å²) < 4.78 is 6.43. The average Bonchev–Trinajstić information content (AvgIpc) is 2.30. The third kappa shape index (κ3) is 4.96. The zero-order chi connectivity index (χ0) is 12.7. The molecule has 0 spiro atoms. The van der Waals surface area contributed by atoms with Gasteiger partial charge in [-0.1, -0.05) is 6.92 Å². The highest BCUT2D eigenvalue weighted by atomic mass is 79.9. The Bertz CT molecular complexity index is 356. The first-order valence-electron chi connectivity index (χ1n) is 6.02. The van der Waals surface area contributed by atoms with E-state index in [0.29, 0.717) is 0 Å². The zero-order valence-corrected chi connectivity index (χ0v) is 12.1. The van der Waals surface area contributed by atoms with Crippen LogP contribution in [0.3, 0.4) is 0 Å². The Hall–Kier alpha value is -0.740. The van der Waals surface area contributed by atoms with Crippen LogP contribution in [-0.2, 0) is 4.74 Å². The van der Waals surface area contributed by atoms with Gasteiger partial charge in [0.1, 0.15) is 0 Å². The molecular formula is C13H21BrN2O. The van der Waals surface area contributed by atoms with Crippen LogP contribution in [0.4, 0.5) is 11.4 Å². The molecule has 3 N–H and O–H groups in total. The molecule has 0 atom stereocenters. The van der Waals surface area contributed by atoms with Crippen molar-refractivity contribution in [2.45, 2.75) is 26.7 Å². The number of nitrogen functional groups attached to an aromatic ring is 1. The number of hydrogen-bond acceptors (Lipinski definition) is 3. The Balaban J connectivity index is 2.34. The Morgan fingerprint density at radius 3 is 2.82 bits per heavy atom. The Morgan fingerprint density at radius 2 is 2.12 bits per heavy atom. The lowest BCUT2D eigenvalue weighted by atomic mass is 10.2. The maximum Gasteiger partial charge on any atom is 0.0488 e. The standard InChI is InChI=1S/C13H21BrN2O/c1-3-6-17-7-4-5-16-13-8-10(2)12(15)9-11(13)14/h8-9,16H,3-7,15H2,1-2H3. The average molecular weight is 301 g/mol. The number of nitrogens with two attached hydrogens (primary N) is 1. The van der Waals surface area contributed by atoms with E-state index in [4.69, 9.17) is 10.5 Å². The van der Waals surface area contributed by atoms with Crippen LogP contribution in [-0.4, -0.2) is 19.8 Å². The van der Waals surface area contributed by atoms with E-state index >= 15 is 0 Å². The number of hydrogen-bond donors (Lipinski definition) is 2. The molecule has 0 saturated carbocycles. The van der Waals surface area contributed by atoms with Crippen LogP contribution in [0, 0.1) is 6.92 Å². The van der Waals surface area contributed by atoms with E-state index in [1.54, 1.807) is 0 Å². The van der Waals surface area contributed by atoms with Gasteiger partial charge in [0, 0.05) is 35.6 Å². The molecule has 17 heavy (non-hydrogen) atoms. The van der Waals surface area contributed by atoms with Gasteiger partial charge in [-0.15, -0.1) is 0 Å². The Morgan fingerprint density at radius 1 is 1.35 bits per heavy atom. The highest BCUT2D eigenvalue weighted by molar-refractivity contribution is 9.10. The molecule has 0 radical (unpaired) electrons. The molecule has 0 amide bonds. The van der Waals surface area contributed by atoms with Crippen LogP contribution in [0.1, 0.15) is 25.3 Å². The van der Waals surface area contributed by atoms with Crippen molar-refractivity contribution in [2.75, 3.05) is 30.8 Å². The van der Waals surface area contributed by atoms with E-state index in [2.05, 4.69) is 34.2 Å². The minimum atomic E-state index is 0.812. The molecule has 0 heterocycles. The third-order valence-electron chi connectivity index (χ3n) is 2.49. The van der Waals surface area contributed by atoms with E-state index < -0.39 is 0 Å². The second-order valence-electron chi connectivity index (χ2n) is 4.08. The van der Waals surface area contributed by atoms with Crippen molar-refractivity contribution in [2.24, 2.45) is 0 Å². The number of anilines is 2. The maximum absolute atomic E-state index is 5.82. The summed E-state index contributed by atoms with van der Waals surface area (Å²) in [7, 11) is 0. The largest absolute Gasteiger partial charge is 0.398 e. The van der Waals surface area contributed by atoms with E-state index in [1.165, 1.54) is 0 Å². The summed E-state index contributed by atoms with van der Waals surface area (Å²) >= 11 is 3.50. The minimum Gasteiger partial charge on any atom is -0.398 e. The maximum atomic E-state index is 5.82. The highest BCUT2D eigenvalue weighted by Gasteiger charge is 2.02. The van der Waals surface area contributed by atoms with Gasteiger partial charge >= 0.3 is 0 Å². The van der Waals surface area contributed by atoms with Crippen molar-refractivity contribution in [3.05, 3.63) is 22.2 Å². The normalized spacial score (nSPS) is 10.5. The molecule has 0 saturated heterocycles. The monoisotopic (exact) mass is 300 g/mol. The summed E-state index contributed by atoms with van der Waals surface area (Å²) in [4.78, 5) is 0. The Labute approximate surface area is 112 Å². The highest BCUT2D eigenvalue weighted by Crippen LogP contribution is 2.27. The van der Waals surface area contributed by atoms with Gasteiger partial charge in [0.15, 0.2) is 0 Å². The molecule has 4 heteroatoms. The van der Waals surface area contributed by atoms with Crippen LogP contribution in [0.5, 0.6) is 0 Å². The van der Waals surface area contributed by atoms with Gasteiger partial charge in [0.2, 0.25) is 0 Å². The molecular weight excluding hydrogens is 280 g/mol. The molecule has 0 fully saturated rings. The number of nitrogens with one attached hydrogen (secondary N) is 1. The third-order valence-corrected chi connectivity index (χ3v) is 3.14. The Kier molecular flexibility index (Phi) is 6.37. The molecule has 1 rings (SSSR count). The van der Waals surface area contributed by atoms with E-state index in [0.717, 1.165) is 54.0 Å². The van der Waals surface area contributed by atoms with Gasteiger partial charge in [0.25, 0.3) is 0 Å².